The van der Waals surface area contributed by atoms with Crippen LogP contribution in [0.5, 0.6) is 0 Å². The molecule has 1 atom stereocenters. The van der Waals surface area contributed by atoms with Gasteiger partial charge in [0, 0.05) is 19.5 Å². The van der Waals surface area contributed by atoms with Gasteiger partial charge >= 0.3 is 0 Å². The van der Waals surface area contributed by atoms with E-state index in [1.54, 1.807) is 19.1 Å². The maximum absolute atomic E-state index is 13.3. The average molecular weight is 348 g/mol. The molecule has 0 saturated heterocycles. The number of ketones is 1. The maximum Gasteiger partial charge on any atom is 0.290 e. The fourth-order valence-corrected chi connectivity index (χ4v) is 3.14. The van der Waals surface area contributed by atoms with Crippen LogP contribution in [0.15, 0.2) is 35.6 Å². The Kier molecular flexibility index (Phi) is 6.31. The van der Waals surface area contributed by atoms with E-state index in [1.807, 2.05) is 13.8 Å². The van der Waals surface area contributed by atoms with Crippen molar-refractivity contribution in [3.8, 4) is 0 Å². The van der Waals surface area contributed by atoms with Crippen LogP contribution in [0.3, 0.4) is 0 Å². The zero-order chi connectivity index (χ0) is 18.6. The predicted octanol–water partition coefficient (Wildman–Crippen LogP) is 2.84. The minimum atomic E-state index is -0.670. The molecule has 1 aromatic rings. The minimum absolute atomic E-state index is 0.110. The van der Waals surface area contributed by atoms with Gasteiger partial charge in [-0.05, 0) is 30.8 Å². The van der Waals surface area contributed by atoms with Crippen LogP contribution in [0.4, 0.5) is 4.39 Å². The Labute approximate surface area is 147 Å². The second kappa shape index (κ2) is 8.25. The summed E-state index contributed by atoms with van der Waals surface area (Å²) >= 11 is 0. The Morgan fingerprint density at radius 3 is 2.32 bits per heavy atom. The maximum atomic E-state index is 13.3. The number of amides is 1. The minimum Gasteiger partial charge on any atom is -0.503 e. The van der Waals surface area contributed by atoms with Gasteiger partial charge in [0.1, 0.15) is 5.82 Å². The van der Waals surface area contributed by atoms with E-state index in [0.29, 0.717) is 18.7 Å². The zero-order valence-electron chi connectivity index (χ0n) is 15.0. The van der Waals surface area contributed by atoms with E-state index in [0.717, 1.165) is 13.1 Å². The summed E-state index contributed by atoms with van der Waals surface area (Å²) in [6.45, 7) is 8.47. The summed E-state index contributed by atoms with van der Waals surface area (Å²) in [5.41, 5.74) is 0.730. The highest BCUT2D eigenvalue weighted by Gasteiger charge is 2.42. The molecule has 0 aliphatic carbocycles. The van der Waals surface area contributed by atoms with Crippen molar-refractivity contribution in [1.82, 2.24) is 9.80 Å². The van der Waals surface area contributed by atoms with E-state index in [-0.39, 0.29) is 23.6 Å². The number of rotatable bonds is 8. The first-order valence-corrected chi connectivity index (χ1v) is 8.69. The van der Waals surface area contributed by atoms with Crippen molar-refractivity contribution in [3.05, 3.63) is 47.0 Å². The standard InChI is InChI=1S/C19H25FN2O3/c1-4-15(23)16-17(13-7-9-14(20)10-8-13)22(19(25)18(16)24)12-11-21(5-2)6-3/h7-10,17,24H,4-6,11-12H2,1-3H3. The number of halogens is 1. The average Bonchev–Trinajstić information content (AvgIpc) is 2.87. The number of aliphatic hydroxyl groups excluding tert-OH is 1. The first-order valence-electron chi connectivity index (χ1n) is 8.69. The number of nitrogens with zero attached hydrogens (tertiary/aromatic N) is 2. The number of carbonyl (C=O) groups excluding carboxylic acids is 2. The van der Waals surface area contributed by atoms with Gasteiger partial charge < -0.3 is 14.9 Å². The van der Waals surface area contributed by atoms with Gasteiger partial charge in [-0.3, -0.25) is 9.59 Å². The molecule has 0 aromatic heterocycles. The van der Waals surface area contributed by atoms with E-state index in [4.69, 9.17) is 0 Å². The molecular formula is C19H25FN2O3. The normalized spacial score (nSPS) is 17.7. The molecule has 0 saturated carbocycles. The van der Waals surface area contributed by atoms with Gasteiger partial charge in [0.05, 0.1) is 11.6 Å². The highest BCUT2D eigenvalue weighted by molar-refractivity contribution is 6.08. The third kappa shape index (κ3) is 3.90. The third-order valence-corrected chi connectivity index (χ3v) is 4.66. The number of likely N-dealkylation sites (N-methyl/N-ethyl adjacent to an activating group) is 1. The molecule has 1 aromatic carbocycles. The molecule has 1 amide bonds. The number of Topliss-reactive ketones (excluding diaryl/α,β-unsaturated/α-hetero) is 1. The first-order chi connectivity index (χ1) is 11.9. The van der Waals surface area contributed by atoms with Crippen LogP contribution >= 0.6 is 0 Å². The molecule has 5 nitrogen and oxygen atoms in total. The SMILES string of the molecule is CCC(=O)C1=C(O)C(=O)N(CCN(CC)CC)C1c1ccc(F)cc1. The number of hydrogen-bond acceptors (Lipinski definition) is 4. The molecule has 1 unspecified atom stereocenters. The molecule has 0 radical (unpaired) electrons. The number of aliphatic hydroxyl groups is 1. The predicted molar refractivity (Wildman–Crippen MR) is 93.6 cm³/mol. The van der Waals surface area contributed by atoms with Crippen molar-refractivity contribution in [3.63, 3.8) is 0 Å². The molecule has 25 heavy (non-hydrogen) atoms. The van der Waals surface area contributed by atoms with Crippen LogP contribution in [0.25, 0.3) is 0 Å². The van der Waals surface area contributed by atoms with Crippen molar-refractivity contribution < 1.29 is 19.1 Å². The topological polar surface area (TPSA) is 60.9 Å². The van der Waals surface area contributed by atoms with Crippen molar-refractivity contribution >= 4 is 11.7 Å². The first kappa shape index (κ1) is 19.1. The van der Waals surface area contributed by atoms with Gasteiger partial charge in [0.2, 0.25) is 0 Å². The molecule has 0 spiro atoms. The highest BCUT2D eigenvalue weighted by Crippen LogP contribution is 2.38. The molecule has 0 fully saturated rings. The summed E-state index contributed by atoms with van der Waals surface area (Å²) in [6.07, 6.45) is 0.189. The van der Waals surface area contributed by atoms with Crippen LogP contribution < -0.4 is 0 Å². The van der Waals surface area contributed by atoms with Gasteiger partial charge in [0.25, 0.3) is 5.91 Å². The summed E-state index contributed by atoms with van der Waals surface area (Å²) in [4.78, 5) is 28.5. The van der Waals surface area contributed by atoms with Gasteiger partial charge in [-0.1, -0.05) is 32.9 Å². The lowest BCUT2D eigenvalue weighted by Crippen LogP contribution is -2.38. The molecule has 1 aliphatic heterocycles. The number of benzene rings is 1. The van der Waals surface area contributed by atoms with Crippen molar-refractivity contribution in [2.45, 2.75) is 33.2 Å². The lowest BCUT2D eigenvalue weighted by Gasteiger charge is -2.29. The lowest BCUT2D eigenvalue weighted by atomic mass is 9.95. The Balaban J connectivity index is 2.38. The largest absolute Gasteiger partial charge is 0.503 e. The molecular weight excluding hydrogens is 323 g/mol. The van der Waals surface area contributed by atoms with E-state index < -0.39 is 17.7 Å². The summed E-state index contributed by atoms with van der Waals surface area (Å²) in [6, 6.07) is 5.03. The van der Waals surface area contributed by atoms with Crippen molar-refractivity contribution in [2.24, 2.45) is 0 Å². The van der Waals surface area contributed by atoms with Gasteiger partial charge in [-0.25, -0.2) is 4.39 Å². The lowest BCUT2D eigenvalue weighted by molar-refractivity contribution is -0.129. The monoisotopic (exact) mass is 348 g/mol. The Morgan fingerprint density at radius 1 is 1.20 bits per heavy atom. The Bertz CT molecular complexity index is 666. The smallest absolute Gasteiger partial charge is 0.290 e. The zero-order valence-corrected chi connectivity index (χ0v) is 15.0. The van der Waals surface area contributed by atoms with E-state index in [9.17, 15) is 19.1 Å². The van der Waals surface area contributed by atoms with Gasteiger partial charge in [-0.15, -0.1) is 0 Å². The van der Waals surface area contributed by atoms with E-state index >= 15 is 0 Å². The quantitative estimate of drug-likeness (QED) is 0.785. The van der Waals surface area contributed by atoms with E-state index in [1.165, 1.54) is 17.0 Å². The van der Waals surface area contributed by atoms with Gasteiger partial charge in [0.15, 0.2) is 11.5 Å². The summed E-state index contributed by atoms with van der Waals surface area (Å²) < 4.78 is 13.3. The molecule has 0 bridgehead atoms. The number of carbonyl (C=O) groups is 2. The van der Waals surface area contributed by atoms with Crippen molar-refractivity contribution in [2.75, 3.05) is 26.2 Å². The van der Waals surface area contributed by atoms with Crippen LogP contribution in [-0.4, -0.2) is 52.8 Å². The molecule has 1 aliphatic rings. The van der Waals surface area contributed by atoms with Crippen molar-refractivity contribution in [1.29, 1.82) is 0 Å². The summed E-state index contributed by atoms with van der Waals surface area (Å²) in [5.74, 6) is -1.69. The third-order valence-electron chi connectivity index (χ3n) is 4.66. The van der Waals surface area contributed by atoms with Crippen LogP contribution in [-0.2, 0) is 9.59 Å². The second-order valence-electron chi connectivity index (χ2n) is 6.02. The molecule has 2 rings (SSSR count). The summed E-state index contributed by atoms with van der Waals surface area (Å²) in [7, 11) is 0. The number of hydrogen-bond donors (Lipinski definition) is 1. The molecule has 6 heteroatoms. The fourth-order valence-electron chi connectivity index (χ4n) is 3.14. The van der Waals surface area contributed by atoms with Gasteiger partial charge in [-0.2, -0.15) is 0 Å². The highest BCUT2D eigenvalue weighted by atomic mass is 19.1. The van der Waals surface area contributed by atoms with E-state index in [2.05, 4.69) is 4.90 Å². The van der Waals surface area contributed by atoms with Crippen LogP contribution in [0, 0.1) is 5.82 Å². The van der Waals surface area contributed by atoms with Crippen LogP contribution in [0.2, 0.25) is 0 Å². The summed E-state index contributed by atoms with van der Waals surface area (Å²) in [5, 5.41) is 10.3. The molecule has 1 heterocycles. The second-order valence-corrected chi connectivity index (χ2v) is 6.02. The molecule has 136 valence electrons. The molecule has 1 N–H and O–H groups in total. The van der Waals surface area contributed by atoms with Crippen LogP contribution in [0.1, 0.15) is 38.8 Å². The Morgan fingerprint density at radius 2 is 1.80 bits per heavy atom. The fraction of sp³-hybridized carbons (Fsp3) is 0.474. The Hall–Kier alpha value is -2.21.